The number of ether oxygens (including phenoxy) is 1. The summed E-state index contributed by atoms with van der Waals surface area (Å²) in [7, 11) is 5.40. The van der Waals surface area contributed by atoms with Crippen LogP contribution in [-0.2, 0) is 9.59 Å². The molecule has 4 N–H and O–H groups in total. The number of Topliss-reactive ketones (excluding diaryl/α,β-unsaturated/α-hetero) is 1. The lowest BCUT2D eigenvalue weighted by molar-refractivity contribution is -0.137. The van der Waals surface area contributed by atoms with E-state index in [9.17, 15) is 9.59 Å². The van der Waals surface area contributed by atoms with Crippen molar-refractivity contribution in [2.75, 3.05) is 0 Å². The van der Waals surface area contributed by atoms with Gasteiger partial charge in [-0.05, 0) is 52.2 Å². The Morgan fingerprint density at radius 3 is 1.88 bits per heavy atom. The Labute approximate surface area is 150 Å². The predicted molar refractivity (Wildman–Crippen MR) is 96.9 cm³/mol. The van der Waals surface area contributed by atoms with Crippen molar-refractivity contribution in [3.8, 4) is 5.75 Å². The molecule has 0 bridgehead atoms. The first-order chi connectivity index (χ1) is 11.3. The van der Waals surface area contributed by atoms with Crippen molar-refractivity contribution in [3.05, 3.63) is 41.5 Å². The number of para-hydroxylation sites is 1. The van der Waals surface area contributed by atoms with Crippen LogP contribution in [-0.4, -0.2) is 41.0 Å². The lowest BCUT2D eigenvalue weighted by atomic mass is 9.88. The average Bonchev–Trinajstić information content (AvgIpc) is 2.45. The molecule has 136 valence electrons. The van der Waals surface area contributed by atoms with E-state index in [0.717, 1.165) is 0 Å². The van der Waals surface area contributed by atoms with Crippen LogP contribution in [0.3, 0.4) is 0 Å². The summed E-state index contributed by atoms with van der Waals surface area (Å²) < 4.78 is 4.94. The maximum Gasteiger partial charge on any atom is 0.319 e. The van der Waals surface area contributed by atoms with Gasteiger partial charge in [0, 0.05) is 5.70 Å². The van der Waals surface area contributed by atoms with Gasteiger partial charge in [0.25, 0.3) is 0 Å². The molecule has 0 fully saturated rings. The Bertz CT molecular complexity index is 597. The highest BCUT2D eigenvalue weighted by Gasteiger charge is 2.31. The molecule has 7 heteroatoms. The first-order valence-electron chi connectivity index (χ1n) is 7.71. The lowest BCUT2D eigenvalue weighted by Crippen LogP contribution is -2.44. The quantitative estimate of drug-likeness (QED) is 0.244. The summed E-state index contributed by atoms with van der Waals surface area (Å²) in [6.07, 6.45) is -0.421. The fourth-order valence-electron chi connectivity index (χ4n) is 1.10. The number of allylic oxidation sites excluding steroid dienone is 2. The molecule has 0 aliphatic heterocycles. The largest absolute Gasteiger partial charge is 0.426 e. The van der Waals surface area contributed by atoms with E-state index in [1.54, 1.807) is 58.0 Å². The van der Waals surface area contributed by atoms with Crippen molar-refractivity contribution in [2.24, 2.45) is 5.73 Å². The summed E-state index contributed by atoms with van der Waals surface area (Å²) in [6, 6.07) is 8.48. The third-order valence-electron chi connectivity index (χ3n) is 3.50. The number of rotatable bonds is 5. The van der Waals surface area contributed by atoms with Crippen LogP contribution in [0.2, 0.25) is 0 Å². The van der Waals surface area contributed by atoms with E-state index in [4.69, 9.17) is 28.5 Å². The van der Waals surface area contributed by atoms with Crippen LogP contribution in [0.1, 0.15) is 41.0 Å². The normalized spacial score (nSPS) is 12.4. The molecule has 0 unspecified atom stereocenters. The van der Waals surface area contributed by atoms with Gasteiger partial charge < -0.3 is 20.7 Å². The summed E-state index contributed by atoms with van der Waals surface area (Å²) >= 11 is 0. The highest BCUT2D eigenvalue weighted by molar-refractivity contribution is 6.38. The molecule has 0 aliphatic carbocycles. The zero-order valence-electron chi connectivity index (χ0n) is 15.4. The standard InChI is InChI=1S/C12H12BNO3.C6H14O2/c1-8(14)12(13)10(15)7-11(16)17-9-5-3-2-4-6-9;1-5(2,7)6(3,4)8/h2-6H,7,14H2,1H3;7-8H,1-4H3/b12-8+;. The summed E-state index contributed by atoms with van der Waals surface area (Å²) in [5, 5.41) is 18.2. The number of aliphatic hydroxyl groups is 2. The minimum absolute atomic E-state index is 0.102. The molecule has 0 aliphatic rings. The van der Waals surface area contributed by atoms with E-state index < -0.39 is 29.4 Å². The monoisotopic (exact) mass is 347 g/mol. The van der Waals surface area contributed by atoms with Gasteiger partial charge in [-0.1, -0.05) is 18.2 Å². The number of benzene rings is 1. The molecule has 0 amide bonds. The Balaban J connectivity index is 0.000000609. The van der Waals surface area contributed by atoms with Crippen molar-refractivity contribution in [3.63, 3.8) is 0 Å². The van der Waals surface area contributed by atoms with Gasteiger partial charge in [-0.2, -0.15) is 0 Å². The van der Waals surface area contributed by atoms with Crippen molar-refractivity contribution in [2.45, 2.75) is 52.2 Å². The van der Waals surface area contributed by atoms with Gasteiger partial charge in [-0.3, -0.25) is 9.59 Å². The minimum atomic E-state index is -1.01. The number of nitrogens with two attached hydrogens (primary N) is 1. The highest BCUT2D eigenvalue weighted by atomic mass is 16.5. The molecule has 0 atom stereocenters. The number of hydrogen-bond donors (Lipinski definition) is 3. The van der Waals surface area contributed by atoms with Gasteiger partial charge >= 0.3 is 5.97 Å². The molecule has 0 saturated heterocycles. The number of ketones is 1. The van der Waals surface area contributed by atoms with Crippen LogP contribution in [0.15, 0.2) is 41.5 Å². The molecule has 6 nitrogen and oxygen atoms in total. The number of esters is 1. The third kappa shape index (κ3) is 9.07. The van der Waals surface area contributed by atoms with Crippen LogP contribution >= 0.6 is 0 Å². The minimum Gasteiger partial charge on any atom is -0.426 e. The molecule has 0 heterocycles. The second kappa shape index (κ2) is 9.39. The van der Waals surface area contributed by atoms with Crippen LogP contribution < -0.4 is 10.5 Å². The maximum absolute atomic E-state index is 11.4. The van der Waals surface area contributed by atoms with E-state index >= 15 is 0 Å². The molecule has 2 radical (unpaired) electrons. The average molecular weight is 347 g/mol. The molecule has 0 aromatic heterocycles. The van der Waals surface area contributed by atoms with Crippen LogP contribution in [0.5, 0.6) is 5.75 Å². The maximum atomic E-state index is 11.4. The summed E-state index contributed by atoms with van der Waals surface area (Å²) in [5.41, 5.74) is 3.43. The number of carbonyl (C=O) groups is 2. The second-order valence-electron chi connectivity index (χ2n) is 6.60. The predicted octanol–water partition coefficient (Wildman–Crippen LogP) is 1.44. The van der Waals surface area contributed by atoms with E-state index in [2.05, 4.69) is 0 Å². The number of carbonyl (C=O) groups excluding carboxylic acids is 2. The van der Waals surface area contributed by atoms with E-state index in [1.165, 1.54) is 6.92 Å². The molecule has 0 spiro atoms. The topological polar surface area (TPSA) is 110 Å². The summed E-state index contributed by atoms with van der Waals surface area (Å²) in [4.78, 5) is 22.8. The molecule has 0 saturated carbocycles. The molecule has 25 heavy (non-hydrogen) atoms. The Morgan fingerprint density at radius 1 is 1.08 bits per heavy atom. The summed E-state index contributed by atoms with van der Waals surface area (Å²) in [5.74, 6) is -0.811. The van der Waals surface area contributed by atoms with E-state index in [0.29, 0.717) is 5.75 Å². The zero-order chi connectivity index (χ0) is 19.8. The van der Waals surface area contributed by atoms with Gasteiger partial charge in [0.05, 0.1) is 11.2 Å². The first kappa shape index (κ1) is 22.9. The van der Waals surface area contributed by atoms with Crippen LogP contribution in [0.4, 0.5) is 0 Å². The summed E-state index contributed by atoms with van der Waals surface area (Å²) in [6.45, 7) is 7.80. The van der Waals surface area contributed by atoms with Crippen molar-refractivity contribution < 1.29 is 24.5 Å². The zero-order valence-corrected chi connectivity index (χ0v) is 15.4. The molecule has 1 rings (SSSR count). The van der Waals surface area contributed by atoms with Crippen molar-refractivity contribution >= 4 is 19.6 Å². The number of hydrogen-bond acceptors (Lipinski definition) is 6. The smallest absolute Gasteiger partial charge is 0.319 e. The molecular weight excluding hydrogens is 321 g/mol. The van der Waals surface area contributed by atoms with E-state index in [1.807, 2.05) is 0 Å². The van der Waals surface area contributed by atoms with Crippen LogP contribution in [0.25, 0.3) is 0 Å². The van der Waals surface area contributed by atoms with Gasteiger partial charge in [-0.15, -0.1) is 0 Å². The fourth-order valence-corrected chi connectivity index (χ4v) is 1.10. The van der Waals surface area contributed by atoms with Gasteiger partial charge in [0.15, 0.2) is 5.78 Å². The fraction of sp³-hybridized carbons (Fsp3) is 0.444. The lowest BCUT2D eigenvalue weighted by Gasteiger charge is -2.31. The molecule has 1 aromatic rings. The first-order valence-corrected chi connectivity index (χ1v) is 7.71. The van der Waals surface area contributed by atoms with Gasteiger partial charge in [-0.25, -0.2) is 0 Å². The Hall–Kier alpha value is -2.12. The highest BCUT2D eigenvalue weighted by Crippen LogP contribution is 2.19. The third-order valence-corrected chi connectivity index (χ3v) is 3.50. The van der Waals surface area contributed by atoms with Crippen LogP contribution in [0, 0.1) is 0 Å². The Morgan fingerprint density at radius 2 is 1.52 bits per heavy atom. The molecule has 1 aromatic carbocycles. The van der Waals surface area contributed by atoms with Gasteiger partial charge in [0.2, 0.25) is 0 Å². The SMILES string of the molecule is CC(C)(O)C(C)(C)O.[B]/C(C(=O)CC(=O)Oc1ccccc1)=C(\C)N. The second-order valence-corrected chi connectivity index (χ2v) is 6.60. The van der Waals surface area contributed by atoms with Crippen molar-refractivity contribution in [1.82, 2.24) is 0 Å². The van der Waals surface area contributed by atoms with E-state index in [-0.39, 0.29) is 11.2 Å². The molecular formula is C18H26BNO5. The van der Waals surface area contributed by atoms with Crippen molar-refractivity contribution in [1.29, 1.82) is 0 Å². The van der Waals surface area contributed by atoms with Gasteiger partial charge in [0.1, 0.15) is 20.0 Å². The Kier molecular flexibility index (Phi) is 8.60.